The van der Waals surface area contributed by atoms with E-state index in [1.54, 1.807) is 13.8 Å². The van der Waals surface area contributed by atoms with Crippen molar-refractivity contribution in [3.05, 3.63) is 12.2 Å². The molecule has 3 amide bonds. The van der Waals surface area contributed by atoms with Crippen LogP contribution in [0.5, 0.6) is 0 Å². The van der Waals surface area contributed by atoms with Crippen LogP contribution in [0.2, 0.25) is 0 Å². The van der Waals surface area contributed by atoms with E-state index in [9.17, 15) is 14.4 Å². The second-order valence-corrected chi connectivity index (χ2v) is 6.73. The molecule has 1 aliphatic heterocycles. The summed E-state index contributed by atoms with van der Waals surface area (Å²) in [6.45, 7) is 12.4. The number of carbonyl (C=O) groups excluding carboxylic acids is 3. The van der Waals surface area contributed by atoms with Crippen LogP contribution in [0.3, 0.4) is 0 Å². The molecule has 0 radical (unpaired) electrons. The molecule has 3 N–H and O–H groups in total. The van der Waals surface area contributed by atoms with Crippen LogP contribution in [0.25, 0.3) is 0 Å². The maximum Gasteiger partial charge on any atom is 0.253 e. The van der Waals surface area contributed by atoms with Crippen molar-refractivity contribution in [2.24, 2.45) is 5.92 Å². The number of nitrogens with zero attached hydrogens (tertiary/aromatic N) is 1. The number of hydrogen-bond acceptors (Lipinski definition) is 5. The van der Waals surface area contributed by atoms with Crippen LogP contribution < -0.4 is 5.32 Å². The first kappa shape index (κ1) is 26.5. The van der Waals surface area contributed by atoms with E-state index in [1.807, 2.05) is 13.8 Å². The topological polar surface area (TPSA) is 107 Å². The molecule has 7 heteroatoms. The lowest BCUT2D eigenvalue weighted by atomic mass is 10.1. The van der Waals surface area contributed by atoms with E-state index < -0.39 is 5.60 Å². The summed E-state index contributed by atoms with van der Waals surface area (Å²) >= 11 is 0. The predicted molar refractivity (Wildman–Crippen MR) is 102 cm³/mol. The average molecular weight is 373 g/mol. The van der Waals surface area contributed by atoms with E-state index in [0.29, 0.717) is 18.9 Å². The summed E-state index contributed by atoms with van der Waals surface area (Å²) in [5, 5.41) is 19.9. The molecule has 0 aromatic carbocycles. The smallest absolute Gasteiger partial charge is 0.253 e. The van der Waals surface area contributed by atoms with E-state index >= 15 is 0 Å². The first-order valence-electron chi connectivity index (χ1n) is 9.20. The van der Waals surface area contributed by atoms with Gasteiger partial charge in [-0.3, -0.25) is 19.3 Å². The summed E-state index contributed by atoms with van der Waals surface area (Å²) in [6, 6.07) is 0. The number of rotatable bonds is 8. The minimum Gasteiger partial charge on any atom is -0.396 e. The van der Waals surface area contributed by atoms with Crippen molar-refractivity contribution in [3.63, 3.8) is 0 Å². The maximum absolute atomic E-state index is 11.4. The molecule has 0 saturated heterocycles. The Kier molecular flexibility index (Phi) is 14.7. The second kappa shape index (κ2) is 14.4. The van der Waals surface area contributed by atoms with Gasteiger partial charge >= 0.3 is 0 Å². The largest absolute Gasteiger partial charge is 0.396 e. The van der Waals surface area contributed by atoms with Crippen LogP contribution in [-0.4, -0.2) is 58.1 Å². The molecule has 7 nitrogen and oxygen atoms in total. The number of imide groups is 1. The SMILES string of the molecule is CC.CC(C)(O)CCO.CC(C)CCNC(=O)CCN1C(=O)C=CC1=O. The summed E-state index contributed by atoms with van der Waals surface area (Å²) < 4.78 is 0. The fourth-order valence-electron chi connectivity index (χ4n) is 1.73. The van der Waals surface area contributed by atoms with Crippen molar-refractivity contribution < 1.29 is 24.6 Å². The molecule has 152 valence electrons. The van der Waals surface area contributed by atoms with Crippen molar-refractivity contribution in [1.82, 2.24) is 10.2 Å². The Morgan fingerprint density at radius 2 is 1.69 bits per heavy atom. The van der Waals surface area contributed by atoms with Crippen LogP contribution in [0.1, 0.15) is 60.8 Å². The van der Waals surface area contributed by atoms with E-state index in [2.05, 4.69) is 19.2 Å². The van der Waals surface area contributed by atoms with Gasteiger partial charge in [0.2, 0.25) is 5.91 Å². The lowest BCUT2D eigenvalue weighted by Crippen LogP contribution is -2.35. The third kappa shape index (κ3) is 14.6. The summed E-state index contributed by atoms with van der Waals surface area (Å²) in [6.07, 6.45) is 3.98. The molecule has 0 aromatic heterocycles. The number of carbonyl (C=O) groups is 3. The standard InChI is InChI=1S/C12H18N2O3.C5H12O2.C2H6/c1-9(2)5-7-13-10(15)6-8-14-11(16)3-4-12(14)17;1-5(2,7)3-4-6;1-2/h3-4,9H,5-8H2,1-2H3,(H,13,15);6-7H,3-4H2,1-2H3;1-2H3. The molecule has 1 aliphatic rings. The van der Waals surface area contributed by atoms with Crippen molar-refractivity contribution in [2.75, 3.05) is 19.7 Å². The normalized spacial score (nSPS) is 13.2. The Balaban J connectivity index is 0. The molecule has 0 saturated carbocycles. The van der Waals surface area contributed by atoms with Gasteiger partial charge < -0.3 is 15.5 Å². The minimum atomic E-state index is -0.700. The van der Waals surface area contributed by atoms with Gasteiger partial charge in [0.05, 0.1) is 5.60 Å². The first-order valence-corrected chi connectivity index (χ1v) is 9.20. The Morgan fingerprint density at radius 1 is 1.19 bits per heavy atom. The molecule has 0 aliphatic carbocycles. The van der Waals surface area contributed by atoms with Crippen LogP contribution in [0, 0.1) is 5.92 Å². The minimum absolute atomic E-state index is 0.0590. The zero-order chi connectivity index (χ0) is 20.8. The summed E-state index contributed by atoms with van der Waals surface area (Å²) in [5.41, 5.74) is -0.700. The van der Waals surface area contributed by atoms with E-state index in [1.165, 1.54) is 12.2 Å². The van der Waals surface area contributed by atoms with Crippen molar-refractivity contribution >= 4 is 17.7 Å². The molecule has 1 heterocycles. The van der Waals surface area contributed by atoms with Crippen LogP contribution in [-0.2, 0) is 14.4 Å². The van der Waals surface area contributed by atoms with Crippen molar-refractivity contribution in [2.45, 2.75) is 66.4 Å². The number of amides is 3. The molecule has 0 bridgehead atoms. The van der Waals surface area contributed by atoms with Gasteiger partial charge in [0.1, 0.15) is 0 Å². The van der Waals surface area contributed by atoms with Gasteiger partial charge in [-0.1, -0.05) is 27.7 Å². The van der Waals surface area contributed by atoms with E-state index in [0.717, 1.165) is 11.3 Å². The van der Waals surface area contributed by atoms with Gasteiger partial charge in [-0.05, 0) is 32.6 Å². The molecule has 0 fully saturated rings. The molecular weight excluding hydrogens is 336 g/mol. The van der Waals surface area contributed by atoms with Crippen molar-refractivity contribution in [1.29, 1.82) is 0 Å². The first-order chi connectivity index (χ1) is 12.1. The highest BCUT2D eigenvalue weighted by Gasteiger charge is 2.23. The second-order valence-electron chi connectivity index (χ2n) is 6.73. The fraction of sp³-hybridized carbons (Fsp3) is 0.737. The quantitative estimate of drug-likeness (QED) is 0.561. The summed E-state index contributed by atoms with van der Waals surface area (Å²) in [4.78, 5) is 34.9. The Bertz CT molecular complexity index is 435. The average Bonchev–Trinajstić information content (AvgIpc) is 2.85. The van der Waals surface area contributed by atoms with Crippen LogP contribution in [0.15, 0.2) is 12.2 Å². The number of aliphatic hydroxyl groups excluding tert-OH is 1. The van der Waals surface area contributed by atoms with Gasteiger partial charge in [-0.2, -0.15) is 0 Å². The van der Waals surface area contributed by atoms with Gasteiger partial charge in [-0.25, -0.2) is 0 Å². The Labute approximate surface area is 157 Å². The molecule has 0 spiro atoms. The lowest BCUT2D eigenvalue weighted by molar-refractivity contribution is -0.137. The number of hydrogen-bond donors (Lipinski definition) is 3. The molecule has 0 atom stereocenters. The molecule has 1 rings (SSSR count). The zero-order valence-corrected chi connectivity index (χ0v) is 17.0. The Morgan fingerprint density at radius 3 is 2.04 bits per heavy atom. The number of nitrogens with one attached hydrogen (secondary N) is 1. The van der Waals surface area contributed by atoms with Gasteiger partial charge in [-0.15, -0.1) is 0 Å². The summed E-state index contributed by atoms with van der Waals surface area (Å²) in [7, 11) is 0. The molecule has 26 heavy (non-hydrogen) atoms. The van der Waals surface area contributed by atoms with E-state index in [-0.39, 0.29) is 37.3 Å². The van der Waals surface area contributed by atoms with Gasteiger partial charge in [0.15, 0.2) is 0 Å². The summed E-state index contributed by atoms with van der Waals surface area (Å²) in [5.74, 6) is -0.269. The van der Waals surface area contributed by atoms with Crippen LogP contribution >= 0.6 is 0 Å². The molecule has 0 unspecified atom stereocenters. The highest BCUT2D eigenvalue weighted by molar-refractivity contribution is 6.13. The van der Waals surface area contributed by atoms with Gasteiger partial charge in [0.25, 0.3) is 11.8 Å². The zero-order valence-electron chi connectivity index (χ0n) is 17.0. The fourth-order valence-corrected chi connectivity index (χ4v) is 1.73. The predicted octanol–water partition coefficient (Wildman–Crippen LogP) is 1.63. The third-order valence-electron chi connectivity index (χ3n) is 3.23. The van der Waals surface area contributed by atoms with Gasteiger partial charge in [0, 0.05) is 38.3 Å². The van der Waals surface area contributed by atoms with Crippen molar-refractivity contribution in [3.8, 4) is 0 Å². The highest BCUT2D eigenvalue weighted by Crippen LogP contribution is 2.05. The van der Waals surface area contributed by atoms with E-state index in [4.69, 9.17) is 10.2 Å². The lowest BCUT2D eigenvalue weighted by Gasteiger charge is -2.13. The van der Waals surface area contributed by atoms with Crippen LogP contribution in [0.4, 0.5) is 0 Å². The highest BCUT2D eigenvalue weighted by atomic mass is 16.3. The molecular formula is C19H36N2O5. The third-order valence-corrected chi connectivity index (χ3v) is 3.23. The maximum atomic E-state index is 11.4. The number of aliphatic hydroxyl groups is 2. The Hall–Kier alpha value is -1.73. The molecule has 0 aromatic rings. The monoisotopic (exact) mass is 372 g/mol.